The van der Waals surface area contributed by atoms with Crippen LogP contribution >= 0.6 is 0 Å². The third kappa shape index (κ3) is 2.96. The summed E-state index contributed by atoms with van der Waals surface area (Å²) in [7, 11) is 1.66. The van der Waals surface area contributed by atoms with Gasteiger partial charge < -0.3 is 4.74 Å². The summed E-state index contributed by atoms with van der Waals surface area (Å²) in [4.78, 5) is 9.63. The molecule has 1 heterocycles. The van der Waals surface area contributed by atoms with E-state index in [1.807, 2.05) is 42.5 Å². The van der Waals surface area contributed by atoms with Crippen LogP contribution in [0.3, 0.4) is 0 Å². The molecular weight excluding hydrogens is 308 g/mol. The highest BCUT2D eigenvalue weighted by Crippen LogP contribution is 2.29. The summed E-state index contributed by atoms with van der Waals surface area (Å²) in [6.45, 7) is 2.09. The Balaban J connectivity index is 1.92. The number of fused-ring (bicyclic) bond motifs is 1. The molecule has 0 spiro atoms. The predicted octanol–water partition coefficient (Wildman–Crippen LogP) is 5.28. The van der Waals surface area contributed by atoms with Gasteiger partial charge in [-0.2, -0.15) is 0 Å². The van der Waals surface area contributed by atoms with Gasteiger partial charge in [-0.15, -0.1) is 0 Å². The van der Waals surface area contributed by atoms with Gasteiger partial charge in [0.25, 0.3) is 0 Å². The standard InChI is InChI=1S/C22H18N2O/c1-15-7-9-16(10-8-15)21-19-5-3-4-6-20(19)23-22(24-21)17-11-13-18(25-2)14-12-17/h3-14H,1-2H3. The molecule has 25 heavy (non-hydrogen) atoms. The monoisotopic (exact) mass is 326 g/mol. The molecule has 4 aromatic rings. The molecule has 3 heteroatoms. The fourth-order valence-electron chi connectivity index (χ4n) is 2.88. The van der Waals surface area contributed by atoms with Gasteiger partial charge in [0, 0.05) is 16.5 Å². The number of nitrogens with zero attached hydrogens (tertiary/aromatic N) is 2. The fourth-order valence-corrected chi connectivity index (χ4v) is 2.88. The lowest BCUT2D eigenvalue weighted by molar-refractivity contribution is 0.415. The molecular formula is C22H18N2O. The molecule has 122 valence electrons. The lowest BCUT2D eigenvalue weighted by atomic mass is 10.0. The second-order valence-electron chi connectivity index (χ2n) is 6.01. The van der Waals surface area contributed by atoms with Crippen LogP contribution in [-0.4, -0.2) is 17.1 Å². The minimum Gasteiger partial charge on any atom is -0.497 e. The van der Waals surface area contributed by atoms with Crippen molar-refractivity contribution in [2.75, 3.05) is 7.11 Å². The summed E-state index contributed by atoms with van der Waals surface area (Å²) in [5, 5.41) is 1.06. The summed E-state index contributed by atoms with van der Waals surface area (Å²) < 4.78 is 5.24. The summed E-state index contributed by atoms with van der Waals surface area (Å²) in [5.74, 6) is 1.54. The van der Waals surface area contributed by atoms with Gasteiger partial charge in [0.05, 0.1) is 18.3 Å². The van der Waals surface area contributed by atoms with Gasteiger partial charge in [0.2, 0.25) is 0 Å². The van der Waals surface area contributed by atoms with Gasteiger partial charge in [0.1, 0.15) is 5.75 Å². The molecule has 4 rings (SSSR count). The topological polar surface area (TPSA) is 35.0 Å². The predicted molar refractivity (Wildman–Crippen MR) is 102 cm³/mol. The molecule has 3 aromatic carbocycles. The van der Waals surface area contributed by atoms with Crippen LogP contribution in [0.1, 0.15) is 5.56 Å². The maximum Gasteiger partial charge on any atom is 0.160 e. The van der Waals surface area contributed by atoms with Gasteiger partial charge in [-0.25, -0.2) is 9.97 Å². The molecule has 0 saturated heterocycles. The van der Waals surface area contributed by atoms with Crippen LogP contribution < -0.4 is 4.74 Å². The highest BCUT2D eigenvalue weighted by atomic mass is 16.5. The van der Waals surface area contributed by atoms with E-state index in [9.17, 15) is 0 Å². The van der Waals surface area contributed by atoms with E-state index in [0.29, 0.717) is 0 Å². The van der Waals surface area contributed by atoms with Gasteiger partial charge >= 0.3 is 0 Å². The molecule has 0 saturated carbocycles. The summed E-state index contributed by atoms with van der Waals surface area (Å²) in [5.41, 5.74) is 5.20. The summed E-state index contributed by atoms with van der Waals surface area (Å²) >= 11 is 0. The SMILES string of the molecule is COc1ccc(-c2nc(-c3ccc(C)cc3)c3ccccc3n2)cc1. The van der Waals surface area contributed by atoms with E-state index < -0.39 is 0 Å². The average Bonchev–Trinajstić information content (AvgIpc) is 2.68. The van der Waals surface area contributed by atoms with Crippen LogP contribution in [0.25, 0.3) is 33.5 Å². The van der Waals surface area contributed by atoms with Crippen LogP contribution in [0.2, 0.25) is 0 Å². The highest BCUT2D eigenvalue weighted by molar-refractivity contribution is 5.93. The average molecular weight is 326 g/mol. The van der Waals surface area contributed by atoms with Gasteiger partial charge in [0.15, 0.2) is 5.82 Å². The Kier molecular flexibility index (Phi) is 3.90. The van der Waals surface area contributed by atoms with Crippen molar-refractivity contribution in [1.29, 1.82) is 0 Å². The van der Waals surface area contributed by atoms with Crippen molar-refractivity contribution in [3.8, 4) is 28.4 Å². The van der Waals surface area contributed by atoms with E-state index >= 15 is 0 Å². The normalized spacial score (nSPS) is 10.8. The smallest absolute Gasteiger partial charge is 0.160 e. The maximum atomic E-state index is 5.24. The molecule has 0 atom stereocenters. The first-order valence-electron chi connectivity index (χ1n) is 8.23. The quantitative estimate of drug-likeness (QED) is 0.514. The number of methoxy groups -OCH3 is 1. The molecule has 0 aliphatic heterocycles. The Bertz CT molecular complexity index is 1020. The molecule has 0 amide bonds. The Morgan fingerprint density at radius 3 is 2.12 bits per heavy atom. The Morgan fingerprint density at radius 2 is 1.40 bits per heavy atom. The van der Waals surface area contributed by atoms with Gasteiger partial charge in [-0.3, -0.25) is 0 Å². The number of hydrogen-bond acceptors (Lipinski definition) is 3. The fraction of sp³-hybridized carbons (Fsp3) is 0.0909. The number of ether oxygens (including phenoxy) is 1. The molecule has 0 aliphatic rings. The van der Waals surface area contributed by atoms with E-state index in [4.69, 9.17) is 14.7 Å². The Morgan fingerprint density at radius 1 is 0.720 bits per heavy atom. The molecule has 3 nitrogen and oxygen atoms in total. The molecule has 0 unspecified atom stereocenters. The van der Waals surface area contributed by atoms with Crippen molar-refractivity contribution in [3.05, 3.63) is 78.4 Å². The van der Waals surface area contributed by atoms with E-state index in [2.05, 4.69) is 37.3 Å². The second kappa shape index (κ2) is 6.36. The Labute approximate surface area is 147 Å². The van der Waals surface area contributed by atoms with E-state index in [0.717, 1.165) is 39.3 Å². The first-order chi connectivity index (χ1) is 12.2. The lowest BCUT2D eigenvalue weighted by Crippen LogP contribution is -1.95. The summed E-state index contributed by atoms with van der Waals surface area (Å²) in [6, 6.07) is 24.4. The molecule has 0 radical (unpaired) electrons. The van der Waals surface area contributed by atoms with Crippen LogP contribution in [0, 0.1) is 6.92 Å². The van der Waals surface area contributed by atoms with Crippen molar-refractivity contribution >= 4 is 10.9 Å². The second-order valence-corrected chi connectivity index (χ2v) is 6.01. The molecule has 0 aliphatic carbocycles. The number of hydrogen-bond donors (Lipinski definition) is 0. The minimum atomic E-state index is 0.719. The highest BCUT2D eigenvalue weighted by Gasteiger charge is 2.11. The number of rotatable bonds is 3. The third-order valence-electron chi connectivity index (χ3n) is 4.28. The molecule has 0 fully saturated rings. The minimum absolute atomic E-state index is 0.719. The number of para-hydroxylation sites is 1. The van der Waals surface area contributed by atoms with Gasteiger partial charge in [-0.1, -0.05) is 48.0 Å². The first-order valence-corrected chi connectivity index (χ1v) is 8.23. The zero-order valence-electron chi connectivity index (χ0n) is 14.2. The zero-order chi connectivity index (χ0) is 17.2. The van der Waals surface area contributed by atoms with Crippen molar-refractivity contribution < 1.29 is 4.74 Å². The Hall–Kier alpha value is -3.20. The molecule has 0 bridgehead atoms. The zero-order valence-corrected chi connectivity index (χ0v) is 14.2. The number of aryl methyl sites for hydroxylation is 1. The van der Waals surface area contributed by atoms with Crippen LogP contribution in [0.5, 0.6) is 5.75 Å². The lowest BCUT2D eigenvalue weighted by Gasteiger charge is -2.10. The van der Waals surface area contributed by atoms with E-state index in [1.54, 1.807) is 7.11 Å². The summed E-state index contributed by atoms with van der Waals surface area (Å²) in [6.07, 6.45) is 0. The molecule has 1 aromatic heterocycles. The number of aromatic nitrogens is 2. The van der Waals surface area contributed by atoms with Crippen LogP contribution in [0.15, 0.2) is 72.8 Å². The van der Waals surface area contributed by atoms with Crippen molar-refractivity contribution in [3.63, 3.8) is 0 Å². The third-order valence-corrected chi connectivity index (χ3v) is 4.28. The van der Waals surface area contributed by atoms with E-state index in [-0.39, 0.29) is 0 Å². The van der Waals surface area contributed by atoms with Crippen molar-refractivity contribution in [2.24, 2.45) is 0 Å². The largest absolute Gasteiger partial charge is 0.497 e. The van der Waals surface area contributed by atoms with Crippen molar-refractivity contribution in [2.45, 2.75) is 6.92 Å². The van der Waals surface area contributed by atoms with Crippen LogP contribution in [-0.2, 0) is 0 Å². The molecule has 0 N–H and O–H groups in total. The van der Waals surface area contributed by atoms with Crippen molar-refractivity contribution in [1.82, 2.24) is 9.97 Å². The first kappa shape index (κ1) is 15.3. The van der Waals surface area contributed by atoms with Crippen LogP contribution in [0.4, 0.5) is 0 Å². The maximum absolute atomic E-state index is 5.24. The van der Waals surface area contributed by atoms with Gasteiger partial charge in [-0.05, 0) is 37.3 Å². The van der Waals surface area contributed by atoms with E-state index in [1.165, 1.54) is 5.56 Å². The number of benzene rings is 3.